The van der Waals surface area contributed by atoms with Gasteiger partial charge in [-0.05, 0) is 12.3 Å². The maximum Gasteiger partial charge on any atom is 0.134 e. The largest absolute Gasteiger partial charge is 0.371 e. The Morgan fingerprint density at radius 3 is 2.30 bits per heavy atom. The SMILES string of the molecule is CCC(C)C(CC)N[C]=S. The molecule has 0 fully saturated rings. The Labute approximate surface area is 69.2 Å². The van der Waals surface area contributed by atoms with Crippen molar-refractivity contribution < 1.29 is 0 Å². The molecule has 0 aliphatic rings. The van der Waals surface area contributed by atoms with Crippen LogP contribution < -0.4 is 5.32 Å². The zero-order valence-electron chi connectivity index (χ0n) is 6.98. The van der Waals surface area contributed by atoms with Crippen LogP contribution in [0.1, 0.15) is 33.6 Å². The second-order valence-electron chi connectivity index (χ2n) is 2.65. The predicted octanol–water partition coefficient (Wildman–Crippen LogP) is 2.23. The fourth-order valence-electron chi connectivity index (χ4n) is 1.01. The van der Waals surface area contributed by atoms with Gasteiger partial charge in [-0.25, -0.2) is 0 Å². The lowest BCUT2D eigenvalue weighted by atomic mass is 9.97. The van der Waals surface area contributed by atoms with E-state index in [4.69, 9.17) is 0 Å². The van der Waals surface area contributed by atoms with E-state index in [2.05, 4.69) is 43.8 Å². The van der Waals surface area contributed by atoms with Gasteiger partial charge in [0.25, 0.3) is 0 Å². The van der Waals surface area contributed by atoms with E-state index in [9.17, 15) is 0 Å². The zero-order chi connectivity index (χ0) is 7.98. The van der Waals surface area contributed by atoms with Gasteiger partial charge in [-0.1, -0.05) is 39.4 Å². The number of hydrogen-bond acceptors (Lipinski definition) is 1. The molecule has 0 aliphatic carbocycles. The lowest BCUT2D eigenvalue weighted by Crippen LogP contribution is -2.32. The van der Waals surface area contributed by atoms with Gasteiger partial charge in [0.1, 0.15) is 5.49 Å². The lowest BCUT2D eigenvalue weighted by molar-refractivity contribution is 0.404. The normalized spacial score (nSPS) is 15.9. The highest BCUT2D eigenvalue weighted by Crippen LogP contribution is 2.09. The highest BCUT2D eigenvalue weighted by molar-refractivity contribution is 7.78. The maximum absolute atomic E-state index is 4.60. The van der Waals surface area contributed by atoms with Crippen molar-refractivity contribution in [1.82, 2.24) is 5.32 Å². The van der Waals surface area contributed by atoms with Crippen molar-refractivity contribution in [2.75, 3.05) is 0 Å². The summed E-state index contributed by atoms with van der Waals surface area (Å²) in [5.74, 6) is 0.695. The minimum atomic E-state index is 0.516. The summed E-state index contributed by atoms with van der Waals surface area (Å²) in [5.41, 5.74) is 2.57. The predicted molar refractivity (Wildman–Crippen MR) is 49.3 cm³/mol. The molecule has 0 aromatic rings. The Morgan fingerprint density at radius 1 is 1.40 bits per heavy atom. The zero-order valence-corrected chi connectivity index (χ0v) is 7.79. The van der Waals surface area contributed by atoms with Gasteiger partial charge in [-0.2, -0.15) is 0 Å². The van der Waals surface area contributed by atoms with Crippen molar-refractivity contribution in [1.29, 1.82) is 0 Å². The van der Waals surface area contributed by atoms with Crippen LogP contribution in [0.4, 0.5) is 0 Å². The van der Waals surface area contributed by atoms with Crippen molar-refractivity contribution >= 4 is 17.7 Å². The highest BCUT2D eigenvalue weighted by atomic mass is 32.1. The molecule has 0 aromatic carbocycles. The van der Waals surface area contributed by atoms with Crippen LogP contribution in [0.2, 0.25) is 0 Å². The van der Waals surface area contributed by atoms with E-state index >= 15 is 0 Å². The minimum absolute atomic E-state index is 0.516. The molecule has 0 aromatic heterocycles. The Hall–Kier alpha value is -0.110. The van der Waals surface area contributed by atoms with Gasteiger partial charge in [-0.15, -0.1) is 0 Å². The van der Waals surface area contributed by atoms with Crippen LogP contribution >= 0.6 is 12.2 Å². The van der Waals surface area contributed by atoms with Crippen molar-refractivity contribution in [3.8, 4) is 0 Å². The van der Waals surface area contributed by atoms with Crippen molar-refractivity contribution in [2.45, 2.75) is 39.7 Å². The molecule has 0 rings (SSSR count). The number of hydrogen-bond donors (Lipinski definition) is 1. The van der Waals surface area contributed by atoms with E-state index in [1.165, 1.54) is 6.42 Å². The van der Waals surface area contributed by atoms with Gasteiger partial charge in [-0.3, -0.25) is 0 Å². The standard InChI is InChI=1S/C8H16NS/c1-4-7(3)8(5-2)9-6-10/h7-8H,4-5H2,1-3H3,(H,9,10). The van der Waals surface area contributed by atoms with Crippen molar-refractivity contribution in [3.63, 3.8) is 0 Å². The molecule has 2 atom stereocenters. The number of rotatable bonds is 5. The average molecular weight is 158 g/mol. The monoisotopic (exact) mass is 158 g/mol. The fraction of sp³-hybridized carbons (Fsp3) is 0.875. The van der Waals surface area contributed by atoms with Crippen LogP contribution in [-0.4, -0.2) is 11.5 Å². The third-order valence-corrected chi connectivity index (χ3v) is 2.13. The third kappa shape index (κ3) is 3.16. The van der Waals surface area contributed by atoms with Gasteiger partial charge in [0.2, 0.25) is 0 Å². The Kier molecular flexibility index (Phi) is 5.60. The Bertz CT molecular complexity index is 93.3. The van der Waals surface area contributed by atoms with Gasteiger partial charge in [0, 0.05) is 6.04 Å². The molecule has 0 heterocycles. The van der Waals surface area contributed by atoms with E-state index in [1.807, 2.05) is 0 Å². The van der Waals surface area contributed by atoms with Gasteiger partial charge >= 0.3 is 0 Å². The van der Waals surface area contributed by atoms with Crippen LogP contribution in [0, 0.1) is 5.92 Å². The van der Waals surface area contributed by atoms with Gasteiger partial charge < -0.3 is 5.32 Å². The molecule has 0 amide bonds. The molecule has 1 N–H and O–H groups in total. The molecule has 0 saturated carbocycles. The second kappa shape index (κ2) is 5.66. The molecule has 2 heteroatoms. The summed E-state index contributed by atoms with van der Waals surface area (Å²) in [4.78, 5) is 0. The molecular formula is C8H16NS. The molecule has 0 spiro atoms. The molecule has 0 bridgehead atoms. The topological polar surface area (TPSA) is 12.0 Å². The summed E-state index contributed by atoms with van der Waals surface area (Å²) in [6, 6.07) is 0.516. The first-order valence-electron chi connectivity index (χ1n) is 3.88. The summed E-state index contributed by atoms with van der Waals surface area (Å²) in [5, 5.41) is 3.05. The fourth-order valence-corrected chi connectivity index (χ4v) is 1.16. The summed E-state index contributed by atoms with van der Waals surface area (Å²) in [6.45, 7) is 6.59. The van der Waals surface area contributed by atoms with Crippen LogP contribution in [0.25, 0.3) is 0 Å². The molecular weight excluding hydrogens is 142 g/mol. The van der Waals surface area contributed by atoms with Gasteiger partial charge in [0.05, 0.1) is 0 Å². The van der Waals surface area contributed by atoms with E-state index in [0.29, 0.717) is 12.0 Å². The van der Waals surface area contributed by atoms with Crippen LogP contribution in [0.15, 0.2) is 0 Å². The van der Waals surface area contributed by atoms with Crippen molar-refractivity contribution in [2.24, 2.45) is 5.92 Å². The molecule has 0 aliphatic heterocycles. The van der Waals surface area contributed by atoms with Crippen LogP contribution in [0.5, 0.6) is 0 Å². The molecule has 1 nitrogen and oxygen atoms in total. The van der Waals surface area contributed by atoms with E-state index in [0.717, 1.165) is 6.42 Å². The molecule has 0 saturated heterocycles. The summed E-state index contributed by atoms with van der Waals surface area (Å²) >= 11 is 4.60. The molecule has 1 radical (unpaired) electrons. The highest BCUT2D eigenvalue weighted by Gasteiger charge is 2.10. The third-order valence-electron chi connectivity index (χ3n) is 2.01. The number of nitrogens with one attached hydrogen (secondary N) is 1. The van der Waals surface area contributed by atoms with Crippen LogP contribution in [0.3, 0.4) is 0 Å². The quantitative estimate of drug-likeness (QED) is 0.486. The number of thiocarbonyl (C=S) groups is 1. The van der Waals surface area contributed by atoms with Crippen molar-refractivity contribution in [3.05, 3.63) is 0 Å². The second-order valence-corrected chi connectivity index (χ2v) is 2.85. The average Bonchev–Trinajstić information content (AvgIpc) is 1.99. The van der Waals surface area contributed by atoms with E-state index < -0.39 is 0 Å². The summed E-state index contributed by atoms with van der Waals surface area (Å²) in [7, 11) is 0. The Morgan fingerprint density at radius 2 is 2.00 bits per heavy atom. The molecule has 59 valence electrons. The summed E-state index contributed by atoms with van der Waals surface area (Å²) < 4.78 is 0. The van der Waals surface area contributed by atoms with Gasteiger partial charge in [0.15, 0.2) is 0 Å². The first-order valence-corrected chi connectivity index (χ1v) is 4.29. The van der Waals surface area contributed by atoms with Crippen LogP contribution in [-0.2, 0) is 0 Å². The van der Waals surface area contributed by atoms with E-state index in [-0.39, 0.29) is 0 Å². The molecule has 10 heavy (non-hydrogen) atoms. The smallest absolute Gasteiger partial charge is 0.134 e. The lowest BCUT2D eigenvalue weighted by Gasteiger charge is -2.20. The minimum Gasteiger partial charge on any atom is -0.371 e. The molecule has 2 unspecified atom stereocenters. The van der Waals surface area contributed by atoms with E-state index in [1.54, 1.807) is 0 Å². The first kappa shape index (κ1) is 9.89. The summed E-state index contributed by atoms with van der Waals surface area (Å²) in [6.07, 6.45) is 2.32. The Balaban J connectivity index is 3.67. The maximum atomic E-state index is 4.60. The first-order chi connectivity index (χ1) is 4.76.